The first-order valence-corrected chi connectivity index (χ1v) is 11.6. The number of aliphatic imine (C=N–C) groups is 1. The van der Waals surface area contributed by atoms with Crippen LogP contribution in [0.1, 0.15) is 5.56 Å². The lowest BCUT2D eigenvalue weighted by molar-refractivity contribution is -0.115. The van der Waals surface area contributed by atoms with Gasteiger partial charge in [0.15, 0.2) is 5.17 Å². The minimum atomic E-state index is -0.211. The number of amidine groups is 1. The Labute approximate surface area is 199 Å². The van der Waals surface area contributed by atoms with Crippen molar-refractivity contribution in [3.63, 3.8) is 0 Å². The van der Waals surface area contributed by atoms with E-state index in [0.29, 0.717) is 39.0 Å². The number of amides is 1. The molecule has 2 aromatic carbocycles. The average Bonchev–Trinajstić information content (AvgIpc) is 3.15. The van der Waals surface area contributed by atoms with Gasteiger partial charge in [0.25, 0.3) is 5.91 Å². The summed E-state index contributed by atoms with van der Waals surface area (Å²) in [5.74, 6) is -0.211. The van der Waals surface area contributed by atoms with E-state index in [4.69, 9.17) is 27.9 Å². The fraction of sp³-hybridized carbons (Fsp3) is 0.174. The number of nitrogens with one attached hydrogen (secondary N) is 1. The zero-order valence-corrected chi connectivity index (χ0v) is 19.2. The molecule has 2 aliphatic rings. The van der Waals surface area contributed by atoms with Crippen molar-refractivity contribution in [2.75, 3.05) is 31.2 Å². The zero-order chi connectivity index (χ0) is 22.1. The number of para-hydroxylation sites is 1. The summed E-state index contributed by atoms with van der Waals surface area (Å²) in [6.45, 7) is 3.10. The number of carbonyl (C=O) groups is 1. The molecule has 2 aliphatic heterocycles. The molecule has 1 N–H and O–H groups in total. The summed E-state index contributed by atoms with van der Waals surface area (Å²) >= 11 is 13.7. The van der Waals surface area contributed by atoms with Crippen molar-refractivity contribution in [3.05, 3.63) is 69.2 Å². The Kier molecular flexibility index (Phi) is 6.06. The number of nitrogens with zero attached hydrogens (tertiary/aromatic N) is 3. The third-order valence-corrected chi connectivity index (χ3v) is 6.71. The van der Waals surface area contributed by atoms with Gasteiger partial charge in [0.05, 0.1) is 33.7 Å². The molecule has 162 valence electrons. The van der Waals surface area contributed by atoms with Crippen LogP contribution in [0.5, 0.6) is 0 Å². The third kappa shape index (κ3) is 4.34. The molecule has 5 rings (SSSR count). The van der Waals surface area contributed by atoms with Gasteiger partial charge in [-0.05, 0) is 53.7 Å². The summed E-state index contributed by atoms with van der Waals surface area (Å²) < 4.78 is 5.48. The SMILES string of the molecule is O=C1NC(=Nc2c(Cl)cccc2Cl)S/C1=C/c1ccc2nccc(N3CCOCC3)c2c1. The van der Waals surface area contributed by atoms with E-state index in [1.807, 2.05) is 30.5 Å². The average molecular weight is 485 g/mol. The molecule has 0 aliphatic carbocycles. The van der Waals surface area contributed by atoms with Gasteiger partial charge in [0, 0.05) is 30.4 Å². The van der Waals surface area contributed by atoms with Crippen molar-refractivity contribution in [2.24, 2.45) is 4.99 Å². The van der Waals surface area contributed by atoms with E-state index in [2.05, 4.69) is 26.3 Å². The molecule has 3 heterocycles. The summed E-state index contributed by atoms with van der Waals surface area (Å²) in [5.41, 5.74) is 3.38. The molecule has 6 nitrogen and oxygen atoms in total. The highest BCUT2D eigenvalue weighted by Crippen LogP contribution is 2.36. The lowest BCUT2D eigenvalue weighted by Gasteiger charge is -2.29. The maximum absolute atomic E-state index is 12.5. The second kappa shape index (κ2) is 9.11. The van der Waals surface area contributed by atoms with Crippen LogP contribution >= 0.6 is 35.0 Å². The number of carbonyl (C=O) groups excluding carboxylic acids is 1. The van der Waals surface area contributed by atoms with E-state index in [0.717, 1.165) is 35.2 Å². The fourth-order valence-electron chi connectivity index (χ4n) is 3.65. The van der Waals surface area contributed by atoms with Crippen LogP contribution in [0.2, 0.25) is 10.0 Å². The Hall–Kier alpha value is -2.58. The number of ether oxygens (including phenoxy) is 1. The number of morpholine rings is 1. The van der Waals surface area contributed by atoms with Crippen LogP contribution in [0.3, 0.4) is 0 Å². The fourth-order valence-corrected chi connectivity index (χ4v) is 4.96. The number of rotatable bonds is 3. The van der Waals surface area contributed by atoms with Gasteiger partial charge >= 0.3 is 0 Å². The van der Waals surface area contributed by atoms with Gasteiger partial charge in [-0.3, -0.25) is 9.78 Å². The summed E-state index contributed by atoms with van der Waals surface area (Å²) in [6, 6.07) is 13.2. The highest BCUT2D eigenvalue weighted by molar-refractivity contribution is 8.18. The Bertz CT molecular complexity index is 1250. The van der Waals surface area contributed by atoms with Crippen LogP contribution in [0.25, 0.3) is 17.0 Å². The van der Waals surface area contributed by atoms with Crippen molar-refractivity contribution in [3.8, 4) is 0 Å². The molecular weight excluding hydrogens is 467 g/mol. The number of anilines is 1. The number of fused-ring (bicyclic) bond motifs is 1. The Morgan fingerprint density at radius 2 is 1.91 bits per heavy atom. The molecule has 32 heavy (non-hydrogen) atoms. The van der Waals surface area contributed by atoms with E-state index in [1.165, 1.54) is 11.8 Å². The van der Waals surface area contributed by atoms with Gasteiger partial charge < -0.3 is 15.0 Å². The normalized spacial score (nSPS) is 19.2. The van der Waals surface area contributed by atoms with Gasteiger partial charge in [-0.2, -0.15) is 0 Å². The number of benzene rings is 2. The van der Waals surface area contributed by atoms with Crippen molar-refractivity contribution < 1.29 is 9.53 Å². The summed E-state index contributed by atoms with van der Waals surface area (Å²) in [5, 5.41) is 5.12. The lowest BCUT2D eigenvalue weighted by Crippen LogP contribution is -2.36. The molecule has 2 saturated heterocycles. The number of hydrogen-bond acceptors (Lipinski definition) is 6. The predicted octanol–water partition coefficient (Wildman–Crippen LogP) is 5.27. The zero-order valence-electron chi connectivity index (χ0n) is 16.8. The lowest BCUT2D eigenvalue weighted by atomic mass is 10.1. The third-order valence-electron chi connectivity index (χ3n) is 5.19. The van der Waals surface area contributed by atoms with Crippen LogP contribution in [0.15, 0.2) is 58.6 Å². The molecule has 0 atom stereocenters. The van der Waals surface area contributed by atoms with Crippen LogP contribution in [0.4, 0.5) is 11.4 Å². The molecule has 0 bridgehead atoms. The highest BCUT2D eigenvalue weighted by atomic mass is 35.5. The topological polar surface area (TPSA) is 66.8 Å². The molecule has 0 saturated carbocycles. The van der Waals surface area contributed by atoms with E-state index >= 15 is 0 Å². The quantitative estimate of drug-likeness (QED) is 0.512. The van der Waals surface area contributed by atoms with Crippen LogP contribution in [-0.2, 0) is 9.53 Å². The van der Waals surface area contributed by atoms with Crippen LogP contribution in [0, 0.1) is 0 Å². The van der Waals surface area contributed by atoms with Crippen molar-refractivity contribution in [2.45, 2.75) is 0 Å². The maximum Gasteiger partial charge on any atom is 0.264 e. The largest absolute Gasteiger partial charge is 0.378 e. The van der Waals surface area contributed by atoms with E-state index < -0.39 is 0 Å². The first-order chi connectivity index (χ1) is 15.6. The summed E-state index contributed by atoms with van der Waals surface area (Å²) in [4.78, 5) is 24.3. The monoisotopic (exact) mass is 484 g/mol. The molecule has 1 amide bonds. The molecule has 0 spiro atoms. The van der Waals surface area contributed by atoms with Gasteiger partial charge in [0.1, 0.15) is 5.69 Å². The number of thioether (sulfide) groups is 1. The highest BCUT2D eigenvalue weighted by Gasteiger charge is 2.24. The number of pyridine rings is 1. The number of halogens is 2. The van der Waals surface area contributed by atoms with E-state index in [-0.39, 0.29) is 5.91 Å². The number of hydrogen-bond donors (Lipinski definition) is 1. The van der Waals surface area contributed by atoms with Gasteiger partial charge in [-0.25, -0.2) is 4.99 Å². The second-order valence-corrected chi connectivity index (χ2v) is 9.10. The first-order valence-electron chi connectivity index (χ1n) is 10.0. The second-order valence-electron chi connectivity index (χ2n) is 7.26. The first kappa shape index (κ1) is 21.3. The maximum atomic E-state index is 12.5. The molecule has 9 heteroatoms. The molecule has 2 fully saturated rings. The standard InChI is InChI=1S/C23H18Cl2N4O2S/c24-16-2-1-3-17(25)21(16)27-23-28-22(30)20(32-23)13-14-4-5-18-15(12-14)19(6-7-26-18)29-8-10-31-11-9-29/h1-7,12-13H,8-11H2,(H,27,28,30)/b20-13+. The van der Waals surface area contributed by atoms with E-state index in [1.54, 1.807) is 18.2 Å². The van der Waals surface area contributed by atoms with Gasteiger partial charge in [0.2, 0.25) is 0 Å². The Morgan fingerprint density at radius 1 is 1.12 bits per heavy atom. The molecule has 0 unspecified atom stereocenters. The summed E-state index contributed by atoms with van der Waals surface area (Å²) in [6.07, 6.45) is 3.68. The smallest absolute Gasteiger partial charge is 0.264 e. The Morgan fingerprint density at radius 3 is 2.69 bits per heavy atom. The number of aromatic nitrogens is 1. The Balaban J connectivity index is 1.46. The van der Waals surface area contributed by atoms with E-state index in [9.17, 15) is 4.79 Å². The molecule has 1 aromatic heterocycles. The molecular formula is C23H18Cl2N4O2S. The van der Waals surface area contributed by atoms with Crippen molar-refractivity contribution >= 4 is 74.4 Å². The molecule has 0 radical (unpaired) electrons. The minimum Gasteiger partial charge on any atom is -0.378 e. The van der Waals surface area contributed by atoms with Crippen molar-refractivity contribution in [1.29, 1.82) is 0 Å². The van der Waals surface area contributed by atoms with Gasteiger partial charge in [-0.15, -0.1) is 0 Å². The van der Waals surface area contributed by atoms with Gasteiger partial charge in [-0.1, -0.05) is 35.3 Å². The minimum absolute atomic E-state index is 0.211. The van der Waals surface area contributed by atoms with Crippen molar-refractivity contribution in [1.82, 2.24) is 10.3 Å². The molecule has 3 aromatic rings. The van der Waals surface area contributed by atoms with Crippen LogP contribution < -0.4 is 10.2 Å². The van der Waals surface area contributed by atoms with Crippen LogP contribution in [-0.4, -0.2) is 42.4 Å². The predicted molar refractivity (Wildman–Crippen MR) is 132 cm³/mol. The summed E-state index contributed by atoms with van der Waals surface area (Å²) in [7, 11) is 0.